The number of rotatable bonds is 3. The van der Waals surface area contributed by atoms with Gasteiger partial charge in [-0.25, -0.2) is 9.38 Å². The van der Waals surface area contributed by atoms with Gasteiger partial charge in [0.1, 0.15) is 11.4 Å². The van der Waals surface area contributed by atoms with E-state index in [1.165, 1.54) is 17.5 Å². The first kappa shape index (κ1) is 18.6. The maximum atomic E-state index is 13.6. The summed E-state index contributed by atoms with van der Waals surface area (Å²) in [6, 6.07) is 16.2. The van der Waals surface area contributed by atoms with E-state index in [2.05, 4.69) is 41.0 Å². The van der Waals surface area contributed by atoms with Crippen molar-refractivity contribution in [1.82, 2.24) is 9.80 Å². The van der Waals surface area contributed by atoms with Gasteiger partial charge in [-0.2, -0.15) is 0 Å². The summed E-state index contributed by atoms with van der Waals surface area (Å²) in [6.45, 7) is 6.97. The average Bonchev–Trinajstić information content (AvgIpc) is 3.34. The van der Waals surface area contributed by atoms with E-state index in [1.807, 2.05) is 12.1 Å². The molecule has 1 spiro atoms. The highest BCUT2D eigenvalue weighted by molar-refractivity contribution is 5.78. The molecule has 1 saturated heterocycles. The molecule has 0 aromatic heterocycles. The fourth-order valence-electron chi connectivity index (χ4n) is 5.04. The molecule has 0 amide bonds. The summed E-state index contributed by atoms with van der Waals surface area (Å²) in [4.78, 5) is 9.65. The van der Waals surface area contributed by atoms with Gasteiger partial charge in [0.15, 0.2) is 0 Å². The Morgan fingerprint density at radius 2 is 1.97 bits per heavy atom. The molecule has 2 aromatic carbocycles. The van der Waals surface area contributed by atoms with Crippen LogP contribution in [-0.2, 0) is 11.2 Å². The predicted molar refractivity (Wildman–Crippen MR) is 113 cm³/mol. The molecule has 1 fully saturated rings. The van der Waals surface area contributed by atoms with E-state index in [4.69, 9.17) is 9.73 Å². The lowest BCUT2D eigenvalue weighted by molar-refractivity contribution is 0.0700. The van der Waals surface area contributed by atoms with Crippen molar-refractivity contribution >= 4 is 6.02 Å². The molecule has 5 rings (SSSR count). The molecule has 3 heterocycles. The lowest BCUT2D eigenvalue weighted by Crippen LogP contribution is -2.44. The molecule has 2 atom stereocenters. The number of nitrogens with zero attached hydrogens (tertiary/aromatic N) is 3. The maximum Gasteiger partial charge on any atom is 0.288 e. The standard InChI is InChI=1S/C24H28FN3O/c1-2-13-27-15-12-24(17-27)16-26-23(29-24)28-14-11-18-5-3-4-6-21(18)22(28)19-7-9-20(25)10-8-19/h3-10,22H,2,11-17H2,1H3/t22-,24+/m0/s1. The Morgan fingerprint density at radius 3 is 2.79 bits per heavy atom. The van der Waals surface area contributed by atoms with Crippen molar-refractivity contribution < 1.29 is 9.13 Å². The molecule has 5 heteroatoms. The van der Waals surface area contributed by atoms with Gasteiger partial charge in [0.05, 0.1) is 12.6 Å². The van der Waals surface area contributed by atoms with E-state index < -0.39 is 0 Å². The van der Waals surface area contributed by atoms with Crippen LogP contribution >= 0.6 is 0 Å². The Morgan fingerprint density at radius 1 is 1.14 bits per heavy atom. The van der Waals surface area contributed by atoms with Crippen LogP contribution in [0.25, 0.3) is 0 Å². The fraction of sp³-hybridized carbons (Fsp3) is 0.458. The van der Waals surface area contributed by atoms with E-state index in [1.54, 1.807) is 12.1 Å². The molecule has 0 bridgehead atoms. The Balaban J connectivity index is 1.44. The molecular weight excluding hydrogens is 365 g/mol. The number of amidine groups is 1. The van der Waals surface area contributed by atoms with Crippen LogP contribution in [0.1, 0.15) is 42.5 Å². The zero-order valence-electron chi connectivity index (χ0n) is 17.0. The van der Waals surface area contributed by atoms with Gasteiger partial charge < -0.3 is 9.64 Å². The number of ether oxygens (including phenoxy) is 1. The van der Waals surface area contributed by atoms with E-state index >= 15 is 0 Å². The first-order valence-corrected chi connectivity index (χ1v) is 10.7. The molecule has 4 nitrogen and oxygen atoms in total. The maximum absolute atomic E-state index is 13.6. The lowest BCUT2D eigenvalue weighted by Gasteiger charge is -2.39. The third-order valence-corrected chi connectivity index (χ3v) is 6.46. The first-order valence-electron chi connectivity index (χ1n) is 10.7. The highest BCUT2D eigenvalue weighted by Gasteiger charge is 2.46. The van der Waals surface area contributed by atoms with Gasteiger partial charge in [0.25, 0.3) is 6.02 Å². The van der Waals surface area contributed by atoms with Gasteiger partial charge in [0.2, 0.25) is 0 Å². The molecule has 152 valence electrons. The minimum Gasteiger partial charge on any atom is -0.455 e. The van der Waals surface area contributed by atoms with Gasteiger partial charge in [-0.1, -0.05) is 43.3 Å². The van der Waals surface area contributed by atoms with Crippen LogP contribution in [0.4, 0.5) is 4.39 Å². The predicted octanol–water partition coefficient (Wildman–Crippen LogP) is 4.01. The van der Waals surface area contributed by atoms with Crippen molar-refractivity contribution in [3.05, 3.63) is 71.0 Å². The van der Waals surface area contributed by atoms with Crippen molar-refractivity contribution in [2.24, 2.45) is 4.99 Å². The molecular formula is C24H28FN3O. The summed E-state index contributed by atoms with van der Waals surface area (Å²) in [6.07, 6.45) is 3.16. The normalized spacial score (nSPS) is 26.5. The van der Waals surface area contributed by atoms with Crippen molar-refractivity contribution in [3.8, 4) is 0 Å². The van der Waals surface area contributed by atoms with Gasteiger partial charge in [-0.05, 0) is 48.2 Å². The van der Waals surface area contributed by atoms with Crippen LogP contribution < -0.4 is 0 Å². The van der Waals surface area contributed by atoms with E-state index in [0.717, 1.165) is 57.2 Å². The number of benzene rings is 2. The molecule has 0 radical (unpaired) electrons. The molecule has 0 unspecified atom stereocenters. The van der Waals surface area contributed by atoms with Crippen LogP contribution in [0.3, 0.4) is 0 Å². The number of hydrogen-bond acceptors (Lipinski definition) is 4. The Labute approximate surface area is 172 Å². The summed E-state index contributed by atoms with van der Waals surface area (Å²) in [5, 5.41) is 0. The summed E-state index contributed by atoms with van der Waals surface area (Å²) in [5.74, 6) is -0.209. The van der Waals surface area contributed by atoms with E-state index in [9.17, 15) is 4.39 Å². The monoisotopic (exact) mass is 393 g/mol. The van der Waals surface area contributed by atoms with E-state index in [0.29, 0.717) is 0 Å². The number of likely N-dealkylation sites (tertiary alicyclic amines) is 1. The zero-order chi connectivity index (χ0) is 19.8. The molecule has 2 aromatic rings. The molecule has 0 saturated carbocycles. The zero-order valence-corrected chi connectivity index (χ0v) is 17.0. The topological polar surface area (TPSA) is 28.1 Å². The Kier molecular flexibility index (Phi) is 4.78. The van der Waals surface area contributed by atoms with Crippen molar-refractivity contribution in [1.29, 1.82) is 0 Å². The minimum atomic E-state index is -0.209. The highest BCUT2D eigenvalue weighted by Crippen LogP contribution is 2.39. The van der Waals surface area contributed by atoms with Gasteiger partial charge in [0, 0.05) is 26.1 Å². The number of halogens is 1. The number of hydrogen-bond donors (Lipinski definition) is 0. The SMILES string of the molecule is CCCN1CC[C@@]2(CN=C(N3CCc4ccccc4[C@@H]3c3ccc(F)cc3)O2)C1. The largest absolute Gasteiger partial charge is 0.455 e. The third kappa shape index (κ3) is 3.42. The summed E-state index contributed by atoms with van der Waals surface area (Å²) in [7, 11) is 0. The average molecular weight is 394 g/mol. The van der Waals surface area contributed by atoms with Gasteiger partial charge in [-0.3, -0.25) is 4.90 Å². The van der Waals surface area contributed by atoms with Gasteiger partial charge in [-0.15, -0.1) is 0 Å². The molecule has 29 heavy (non-hydrogen) atoms. The second-order valence-corrected chi connectivity index (χ2v) is 8.51. The molecule has 0 N–H and O–H groups in total. The number of aliphatic imine (C=N–C) groups is 1. The van der Waals surface area contributed by atoms with Crippen LogP contribution in [0.5, 0.6) is 0 Å². The molecule has 3 aliphatic heterocycles. The number of fused-ring (bicyclic) bond motifs is 1. The quantitative estimate of drug-likeness (QED) is 0.789. The Hall–Kier alpha value is -2.40. The highest BCUT2D eigenvalue weighted by atomic mass is 19.1. The smallest absolute Gasteiger partial charge is 0.288 e. The second-order valence-electron chi connectivity index (χ2n) is 8.51. The Bertz CT molecular complexity index is 913. The summed E-state index contributed by atoms with van der Waals surface area (Å²) < 4.78 is 20.2. The summed E-state index contributed by atoms with van der Waals surface area (Å²) >= 11 is 0. The van der Waals surface area contributed by atoms with Crippen LogP contribution in [0, 0.1) is 5.82 Å². The lowest BCUT2D eigenvalue weighted by atomic mass is 9.88. The molecule has 3 aliphatic rings. The van der Waals surface area contributed by atoms with Gasteiger partial charge >= 0.3 is 0 Å². The van der Waals surface area contributed by atoms with Crippen LogP contribution in [0.2, 0.25) is 0 Å². The first-order chi connectivity index (χ1) is 14.2. The van der Waals surface area contributed by atoms with Crippen molar-refractivity contribution in [2.75, 3.05) is 32.7 Å². The second kappa shape index (κ2) is 7.45. The van der Waals surface area contributed by atoms with Crippen molar-refractivity contribution in [3.63, 3.8) is 0 Å². The molecule has 0 aliphatic carbocycles. The van der Waals surface area contributed by atoms with E-state index in [-0.39, 0.29) is 17.5 Å². The van der Waals surface area contributed by atoms with Crippen LogP contribution in [0.15, 0.2) is 53.5 Å². The summed E-state index contributed by atoms with van der Waals surface area (Å²) in [5.41, 5.74) is 3.51. The minimum absolute atomic E-state index is 0.00241. The fourth-order valence-corrected chi connectivity index (χ4v) is 5.04. The van der Waals surface area contributed by atoms with Crippen LogP contribution in [-0.4, -0.2) is 54.1 Å². The van der Waals surface area contributed by atoms with Crippen molar-refractivity contribution in [2.45, 2.75) is 37.8 Å². The third-order valence-electron chi connectivity index (χ3n) is 6.46.